The number of benzene rings is 2. The molecule has 0 aliphatic carbocycles. The van der Waals surface area contributed by atoms with Crippen molar-refractivity contribution in [1.29, 1.82) is 0 Å². The Morgan fingerprint density at radius 3 is 2.80 bits per heavy atom. The van der Waals surface area contributed by atoms with Gasteiger partial charge in [-0.15, -0.1) is 24.3 Å². The molecule has 0 N–H and O–H groups in total. The van der Waals surface area contributed by atoms with Crippen LogP contribution < -0.4 is 4.74 Å². The van der Waals surface area contributed by atoms with Gasteiger partial charge in [0.15, 0.2) is 5.72 Å². The fraction of sp³-hybridized carbons (Fsp3) is 0.188. The predicted molar refractivity (Wildman–Crippen MR) is 74.0 cm³/mol. The topological polar surface area (TPSA) is 27.1 Å². The van der Waals surface area contributed by atoms with Crippen molar-refractivity contribution >= 4 is 11.0 Å². The van der Waals surface area contributed by atoms with Gasteiger partial charge in [0.1, 0.15) is 0 Å². The van der Waals surface area contributed by atoms with Gasteiger partial charge in [0.2, 0.25) is 0 Å². The zero-order chi connectivity index (χ0) is 13.0. The van der Waals surface area contributed by atoms with Crippen LogP contribution in [0.15, 0.2) is 42.5 Å². The van der Waals surface area contributed by atoms with E-state index < -0.39 is 5.72 Å². The zero-order valence-corrected chi connectivity index (χ0v) is 13.6. The van der Waals surface area contributed by atoms with Crippen LogP contribution >= 0.6 is 0 Å². The minimum absolute atomic E-state index is 0. The van der Waals surface area contributed by atoms with E-state index in [0.717, 1.165) is 28.2 Å². The zero-order valence-electron chi connectivity index (χ0n) is 11.2. The van der Waals surface area contributed by atoms with Crippen molar-refractivity contribution in [2.75, 3.05) is 0 Å². The van der Waals surface area contributed by atoms with Gasteiger partial charge in [-0.1, -0.05) is 17.7 Å². The molecule has 3 nitrogen and oxygen atoms in total. The molecule has 0 unspecified atom stereocenters. The van der Waals surface area contributed by atoms with Crippen molar-refractivity contribution in [2.45, 2.75) is 19.6 Å². The van der Waals surface area contributed by atoms with E-state index >= 15 is 0 Å². The first-order valence-corrected chi connectivity index (χ1v) is 6.35. The number of fused-ring (bicyclic) bond motifs is 5. The standard InChI is InChI=1S/C16H13N2O.Ir/c1-16(2)18-13-9-5-4-8-12(13)17-15(18)11-7-3-6-10-14(11)19-16;/h3-6,8-10H,1-2H3;/q-1;. The van der Waals surface area contributed by atoms with Gasteiger partial charge in [0, 0.05) is 25.9 Å². The molecule has 3 aromatic rings. The minimum Gasteiger partial charge on any atom is -0.515 e. The van der Waals surface area contributed by atoms with Crippen LogP contribution in [0, 0.1) is 6.07 Å². The molecule has 20 heavy (non-hydrogen) atoms. The second kappa shape index (κ2) is 4.44. The maximum absolute atomic E-state index is 6.10. The van der Waals surface area contributed by atoms with Crippen LogP contribution in [0.5, 0.6) is 5.75 Å². The summed E-state index contributed by atoms with van der Waals surface area (Å²) in [5.74, 6) is 1.77. The summed E-state index contributed by atoms with van der Waals surface area (Å²) < 4.78 is 8.24. The predicted octanol–water partition coefficient (Wildman–Crippen LogP) is 3.59. The third-order valence-electron chi connectivity index (χ3n) is 3.50. The van der Waals surface area contributed by atoms with E-state index in [9.17, 15) is 0 Å². The molecule has 0 saturated carbocycles. The molecule has 1 radical (unpaired) electrons. The fourth-order valence-corrected chi connectivity index (χ4v) is 2.73. The van der Waals surface area contributed by atoms with Gasteiger partial charge in [0.05, 0.1) is 16.9 Å². The van der Waals surface area contributed by atoms with E-state index in [1.54, 1.807) is 0 Å². The molecule has 0 atom stereocenters. The molecule has 0 bridgehead atoms. The molecule has 0 spiro atoms. The summed E-state index contributed by atoms with van der Waals surface area (Å²) in [5, 5.41) is 0. The average Bonchev–Trinajstić information content (AvgIpc) is 2.78. The molecule has 1 aliphatic heterocycles. The number of ether oxygens (including phenoxy) is 1. The number of hydrogen-bond acceptors (Lipinski definition) is 2. The van der Waals surface area contributed by atoms with Gasteiger partial charge in [-0.25, -0.2) is 0 Å². The summed E-state index contributed by atoms with van der Waals surface area (Å²) in [6.07, 6.45) is 0. The van der Waals surface area contributed by atoms with Crippen molar-refractivity contribution in [1.82, 2.24) is 9.55 Å². The number of nitrogens with zero attached hydrogens (tertiary/aromatic N) is 2. The molecule has 2 aromatic carbocycles. The Morgan fingerprint density at radius 1 is 1.15 bits per heavy atom. The van der Waals surface area contributed by atoms with Crippen LogP contribution in [-0.4, -0.2) is 9.55 Å². The average molecular weight is 442 g/mol. The Hall–Kier alpha value is -1.64. The van der Waals surface area contributed by atoms with Crippen molar-refractivity contribution in [3.63, 3.8) is 0 Å². The summed E-state index contributed by atoms with van der Waals surface area (Å²) in [7, 11) is 0. The van der Waals surface area contributed by atoms with Crippen molar-refractivity contribution < 1.29 is 24.8 Å². The second-order valence-corrected chi connectivity index (χ2v) is 5.22. The normalized spacial score (nSPS) is 14.9. The van der Waals surface area contributed by atoms with Gasteiger partial charge in [-0.2, -0.15) is 0 Å². The van der Waals surface area contributed by atoms with Crippen molar-refractivity contribution in [3.8, 4) is 17.1 Å². The summed E-state index contributed by atoms with van der Waals surface area (Å²) in [6, 6.07) is 17.2. The van der Waals surface area contributed by atoms with E-state index in [0.29, 0.717) is 0 Å². The van der Waals surface area contributed by atoms with Gasteiger partial charge in [-0.3, -0.25) is 4.98 Å². The summed E-state index contributed by atoms with van der Waals surface area (Å²) in [4.78, 5) is 4.74. The molecule has 4 heteroatoms. The smallest absolute Gasteiger partial charge is 0.164 e. The third kappa shape index (κ3) is 1.72. The monoisotopic (exact) mass is 442 g/mol. The maximum atomic E-state index is 6.10. The molecule has 0 amide bonds. The Balaban J connectivity index is 0.00000121. The molecule has 1 aliphatic rings. The minimum atomic E-state index is -0.451. The summed E-state index contributed by atoms with van der Waals surface area (Å²) in [6.45, 7) is 4.11. The fourth-order valence-electron chi connectivity index (χ4n) is 2.73. The maximum Gasteiger partial charge on any atom is 0.164 e. The van der Waals surface area contributed by atoms with E-state index in [2.05, 4.69) is 30.5 Å². The Labute approximate surface area is 130 Å². The Morgan fingerprint density at radius 2 is 1.95 bits per heavy atom. The van der Waals surface area contributed by atoms with E-state index in [4.69, 9.17) is 9.72 Å². The number of rotatable bonds is 0. The molecular weight excluding hydrogens is 428 g/mol. The van der Waals surface area contributed by atoms with Crippen LogP contribution in [-0.2, 0) is 25.8 Å². The molecule has 0 saturated heterocycles. The molecule has 4 rings (SSSR count). The number of para-hydroxylation sites is 2. The Bertz CT molecular complexity index is 792. The number of aromatic nitrogens is 2. The first-order chi connectivity index (χ1) is 9.17. The summed E-state index contributed by atoms with van der Waals surface area (Å²) >= 11 is 0. The quantitative estimate of drug-likeness (QED) is 0.499. The largest absolute Gasteiger partial charge is 0.515 e. The number of imidazole rings is 1. The second-order valence-electron chi connectivity index (χ2n) is 5.22. The SMILES string of the molecule is CC1(C)Oc2ccc[c-]c2-c2nc3ccccc3n21.[Ir]. The van der Waals surface area contributed by atoms with Crippen LogP contribution in [0.25, 0.3) is 22.4 Å². The Kier molecular flexibility index (Phi) is 2.96. The number of hydrogen-bond donors (Lipinski definition) is 0. The first kappa shape index (κ1) is 13.3. The van der Waals surface area contributed by atoms with Gasteiger partial charge >= 0.3 is 0 Å². The molecule has 103 valence electrons. The summed E-state index contributed by atoms with van der Waals surface area (Å²) in [5.41, 5.74) is 2.55. The van der Waals surface area contributed by atoms with Crippen LogP contribution in [0.3, 0.4) is 0 Å². The van der Waals surface area contributed by atoms with Gasteiger partial charge in [0.25, 0.3) is 0 Å². The van der Waals surface area contributed by atoms with E-state index in [1.807, 2.05) is 36.4 Å². The molecule has 2 heterocycles. The molecule has 0 fully saturated rings. The molecular formula is C16H13IrN2O-. The van der Waals surface area contributed by atoms with Crippen molar-refractivity contribution in [3.05, 3.63) is 48.5 Å². The van der Waals surface area contributed by atoms with Crippen LogP contribution in [0.2, 0.25) is 0 Å². The molecule has 1 aromatic heterocycles. The van der Waals surface area contributed by atoms with E-state index in [-0.39, 0.29) is 20.1 Å². The first-order valence-electron chi connectivity index (χ1n) is 6.35. The van der Waals surface area contributed by atoms with Gasteiger partial charge in [-0.05, 0) is 26.0 Å². The van der Waals surface area contributed by atoms with E-state index in [1.165, 1.54) is 0 Å². The van der Waals surface area contributed by atoms with Crippen LogP contribution in [0.4, 0.5) is 0 Å². The van der Waals surface area contributed by atoms with Crippen LogP contribution in [0.1, 0.15) is 13.8 Å². The third-order valence-corrected chi connectivity index (χ3v) is 3.50. The van der Waals surface area contributed by atoms with Gasteiger partial charge < -0.3 is 9.30 Å². The van der Waals surface area contributed by atoms with Crippen molar-refractivity contribution in [2.24, 2.45) is 0 Å².